The van der Waals surface area contributed by atoms with Crippen LogP contribution in [0.2, 0.25) is 0 Å². The molecular weight excluding hydrogens is 736 g/mol. The van der Waals surface area contributed by atoms with Gasteiger partial charge in [-0.2, -0.15) is 0 Å². The maximum Gasteiger partial charge on any atom is 0.217 e. The lowest BCUT2D eigenvalue weighted by Crippen LogP contribution is -2.71. The summed E-state index contributed by atoms with van der Waals surface area (Å²) in [7, 11) is 0. The molecule has 3 amide bonds. The molecule has 54 heavy (non-hydrogen) atoms. The van der Waals surface area contributed by atoms with E-state index in [9.17, 15) is 65.4 Å². The summed E-state index contributed by atoms with van der Waals surface area (Å²) in [6, 6.07) is -6.00. The number of aliphatic hydroxyl groups is 10. The van der Waals surface area contributed by atoms with Gasteiger partial charge in [-0.3, -0.25) is 14.4 Å². The number of amides is 3. The summed E-state index contributed by atoms with van der Waals surface area (Å²) in [6.45, 7) is -0.0467. The Bertz CT molecular complexity index is 1260. The molecule has 4 unspecified atom stereocenters. The van der Waals surface area contributed by atoms with Crippen LogP contribution in [0.25, 0.3) is 0 Å². The summed E-state index contributed by atoms with van der Waals surface area (Å²) < 4.78 is 40.3. The van der Waals surface area contributed by atoms with Crippen LogP contribution in [0.5, 0.6) is 0 Å². The normalized spacial score (nSPS) is 45.7. The first-order chi connectivity index (χ1) is 25.5. The van der Waals surface area contributed by atoms with Crippen molar-refractivity contribution in [3.05, 3.63) is 0 Å². The van der Waals surface area contributed by atoms with Crippen molar-refractivity contribution in [1.29, 1.82) is 0 Å². The fourth-order valence-corrected chi connectivity index (χ4v) is 6.81. The Hall–Kier alpha value is -2.31. The van der Waals surface area contributed by atoms with Crippen molar-refractivity contribution in [2.75, 3.05) is 26.4 Å². The first kappa shape index (κ1) is 44.4. The molecular formula is C30H52N4O20. The predicted molar refractivity (Wildman–Crippen MR) is 171 cm³/mol. The molecule has 15 N–H and O–H groups in total. The summed E-state index contributed by atoms with van der Waals surface area (Å²) in [5, 5.41) is 112. The number of carbonyl (C=O) groups excluding carboxylic acids is 3. The number of hydrogen-bond donors (Lipinski definition) is 14. The van der Waals surface area contributed by atoms with Crippen molar-refractivity contribution in [1.82, 2.24) is 16.0 Å². The van der Waals surface area contributed by atoms with Crippen molar-refractivity contribution >= 4 is 17.7 Å². The molecule has 0 radical (unpaired) electrons. The van der Waals surface area contributed by atoms with Crippen LogP contribution in [0.4, 0.5) is 0 Å². The standard InChI is InChI=1S/C30H52N4O20/c1-8(39)32-16-21(44)24(12(5-36)48-27(16)47)53-29-18(34-10(3)41)23(46)26(14(7-38)51-29)54-30-17(33-9(2)40)22(45)25(13(6-37)50-30)52-28-15(31)20(43)19(42)11(4-35)49-28/h11-30,35-38,42-47H,4-7,31H2,1-3H3,(H,32,39)(H,33,40)(H,34,41)/t11-,12-,13+,14-,15-,16-,17-,18-,19-,20-,21?,22?,23-,24-,25?,26-,27?,28+,29+,30+/m1/s1. The highest BCUT2D eigenvalue weighted by molar-refractivity contribution is 5.74. The number of aliphatic hydroxyl groups excluding tert-OH is 10. The number of ether oxygens (including phenoxy) is 7. The quantitative estimate of drug-likeness (QED) is 0.0824. The van der Waals surface area contributed by atoms with Gasteiger partial charge in [-0.25, -0.2) is 0 Å². The first-order valence-electron chi connectivity index (χ1n) is 17.1. The van der Waals surface area contributed by atoms with E-state index >= 15 is 0 Å². The van der Waals surface area contributed by atoms with Gasteiger partial charge in [-0.1, -0.05) is 0 Å². The second kappa shape index (κ2) is 19.2. The fourth-order valence-electron chi connectivity index (χ4n) is 6.81. The van der Waals surface area contributed by atoms with Crippen molar-refractivity contribution in [2.45, 2.75) is 143 Å². The molecule has 4 aliphatic rings. The van der Waals surface area contributed by atoms with Crippen LogP contribution in [-0.2, 0) is 47.5 Å². The highest BCUT2D eigenvalue weighted by atomic mass is 16.8. The van der Waals surface area contributed by atoms with Gasteiger partial charge < -0.3 is 106 Å². The minimum absolute atomic E-state index is 0.655. The van der Waals surface area contributed by atoms with Gasteiger partial charge in [0.1, 0.15) is 91.4 Å². The third-order valence-corrected chi connectivity index (χ3v) is 9.49. The summed E-state index contributed by atoms with van der Waals surface area (Å²) in [6.07, 6.45) is -26.1. The summed E-state index contributed by atoms with van der Waals surface area (Å²) in [5.74, 6) is -2.11. The van der Waals surface area contributed by atoms with Crippen LogP contribution >= 0.6 is 0 Å². The molecule has 24 heteroatoms. The summed E-state index contributed by atoms with van der Waals surface area (Å²) in [4.78, 5) is 36.3. The summed E-state index contributed by atoms with van der Waals surface area (Å²) in [5.41, 5.74) is 5.98. The monoisotopic (exact) mass is 788 g/mol. The molecule has 4 fully saturated rings. The Morgan fingerprint density at radius 3 is 1.22 bits per heavy atom. The Labute approximate surface area is 308 Å². The zero-order valence-corrected chi connectivity index (χ0v) is 29.5. The van der Waals surface area contributed by atoms with Gasteiger partial charge in [0.05, 0.1) is 32.5 Å². The molecule has 0 aromatic rings. The van der Waals surface area contributed by atoms with Crippen LogP contribution in [0, 0.1) is 0 Å². The summed E-state index contributed by atoms with van der Waals surface area (Å²) >= 11 is 0. The minimum atomic E-state index is -1.87. The topological polar surface area (TPSA) is 380 Å². The van der Waals surface area contributed by atoms with E-state index in [1.165, 1.54) is 0 Å². The van der Waals surface area contributed by atoms with Gasteiger partial charge in [-0.15, -0.1) is 0 Å². The molecule has 0 aromatic heterocycles. The van der Waals surface area contributed by atoms with Crippen LogP contribution in [-0.4, -0.2) is 218 Å². The highest BCUT2D eigenvalue weighted by Crippen LogP contribution is 2.34. The molecule has 0 saturated carbocycles. The molecule has 4 aliphatic heterocycles. The lowest BCUT2D eigenvalue weighted by atomic mass is 9.93. The molecule has 312 valence electrons. The number of nitrogens with one attached hydrogen (secondary N) is 3. The molecule has 20 atom stereocenters. The third kappa shape index (κ3) is 9.79. The maximum absolute atomic E-state index is 12.3. The number of carbonyl (C=O) groups is 3. The Morgan fingerprint density at radius 2 is 0.833 bits per heavy atom. The lowest BCUT2D eigenvalue weighted by molar-refractivity contribution is -0.361. The van der Waals surface area contributed by atoms with E-state index in [1.54, 1.807) is 0 Å². The van der Waals surface area contributed by atoms with Gasteiger partial charge in [-0.05, 0) is 0 Å². The first-order valence-corrected chi connectivity index (χ1v) is 17.1. The Morgan fingerprint density at radius 1 is 0.500 bits per heavy atom. The molecule has 0 spiro atoms. The van der Waals surface area contributed by atoms with Crippen molar-refractivity contribution < 1.29 is 98.6 Å². The molecule has 0 aromatic carbocycles. The zero-order chi connectivity index (χ0) is 40.2. The van der Waals surface area contributed by atoms with Gasteiger partial charge >= 0.3 is 0 Å². The SMILES string of the molecule is CC(=O)N[C@H]1C(O)O[C@H](CO)[C@@H](O[C@@H]2O[C@H](CO)[C@@H](O[C@@H]3O[C@@H](CO)C(O[C@@H]4O[C@H](CO)[C@@H](O)[C@H](O)[C@H]4N)C(O)[C@H]3NC(C)=O)[C@H](O)[C@H]2NC(C)=O)C1O. The Balaban J connectivity index is 1.59. The average molecular weight is 789 g/mol. The lowest BCUT2D eigenvalue weighted by Gasteiger charge is -2.50. The molecule has 0 bridgehead atoms. The van der Waals surface area contributed by atoms with Gasteiger partial charge in [0.2, 0.25) is 17.7 Å². The van der Waals surface area contributed by atoms with Crippen molar-refractivity contribution in [3.8, 4) is 0 Å². The van der Waals surface area contributed by atoms with E-state index in [0.717, 1.165) is 20.8 Å². The second-order valence-corrected chi connectivity index (χ2v) is 13.4. The van der Waals surface area contributed by atoms with Crippen molar-refractivity contribution in [2.24, 2.45) is 5.73 Å². The van der Waals surface area contributed by atoms with E-state index in [-0.39, 0.29) is 0 Å². The highest BCUT2D eigenvalue weighted by Gasteiger charge is 2.56. The zero-order valence-electron chi connectivity index (χ0n) is 29.5. The van der Waals surface area contributed by atoms with Crippen LogP contribution < -0.4 is 21.7 Å². The molecule has 4 rings (SSSR count). The fraction of sp³-hybridized carbons (Fsp3) is 0.900. The van der Waals surface area contributed by atoms with Crippen LogP contribution in [0.15, 0.2) is 0 Å². The predicted octanol–water partition coefficient (Wildman–Crippen LogP) is -9.35. The van der Waals surface area contributed by atoms with Gasteiger partial charge in [0, 0.05) is 20.8 Å². The molecule has 4 heterocycles. The average Bonchev–Trinajstić information content (AvgIpc) is 3.12. The maximum atomic E-state index is 12.3. The number of hydrogen-bond acceptors (Lipinski definition) is 21. The van der Waals surface area contributed by atoms with E-state index < -0.39 is 167 Å². The Kier molecular flexibility index (Phi) is 15.8. The van der Waals surface area contributed by atoms with Gasteiger partial charge in [0.15, 0.2) is 25.2 Å². The van der Waals surface area contributed by atoms with E-state index in [0.29, 0.717) is 0 Å². The third-order valence-electron chi connectivity index (χ3n) is 9.49. The van der Waals surface area contributed by atoms with Crippen molar-refractivity contribution in [3.63, 3.8) is 0 Å². The van der Waals surface area contributed by atoms with E-state index in [2.05, 4.69) is 16.0 Å². The van der Waals surface area contributed by atoms with Gasteiger partial charge in [0.25, 0.3) is 0 Å². The van der Waals surface area contributed by atoms with E-state index in [4.69, 9.17) is 38.9 Å². The molecule has 24 nitrogen and oxygen atoms in total. The second-order valence-electron chi connectivity index (χ2n) is 13.4. The largest absolute Gasteiger partial charge is 0.394 e. The van der Waals surface area contributed by atoms with Crippen LogP contribution in [0.1, 0.15) is 20.8 Å². The number of rotatable bonds is 13. The minimum Gasteiger partial charge on any atom is -0.394 e. The molecule has 4 saturated heterocycles. The number of nitrogens with two attached hydrogens (primary N) is 1. The molecule has 0 aliphatic carbocycles. The smallest absolute Gasteiger partial charge is 0.217 e. The van der Waals surface area contributed by atoms with E-state index in [1.807, 2.05) is 0 Å². The van der Waals surface area contributed by atoms with Crippen LogP contribution in [0.3, 0.4) is 0 Å².